The van der Waals surface area contributed by atoms with Crippen LogP contribution in [0.4, 0.5) is 14.5 Å². The molecule has 0 radical (unpaired) electrons. The zero-order valence-corrected chi connectivity index (χ0v) is 11.4. The molecular weight excluding hydrogens is 310 g/mol. The Hall–Kier alpha value is -2.00. The fourth-order valence-corrected chi connectivity index (χ4v) is 3.48. The minimum atomic E-state index is -4.00. The van der Waals surface area contributed by atoms with Crippen molar-refractivity contribution in [2.75, 3.05) is 4.72 Å². The van der Waals surface area contributed by atoms with Gasteiger partial charge in [-0.05, 0) is 17.5 Å². The van der Waals surface area contributed by atoms with Crippen LogP contribution in [0, 0.1) is 11.6 Å². The van der Waals surface area contributed by atoms with E-state index in [-0.39, 0.29) is 4.21 Å². The summed E-state index contributed by atoms with van der Waals surface area (Å²) in [5, 5.41) is 1.53. The number of hydrogen-bond acceptors (Lipinski definition) is 4. The van der Waals surface area contributed by atoms with Crippen molar-refractivity contribution in [2.24, 2.45) is 5.73 Å². The van der Waals surface area contributed by atoms with Crippen LogP contribution in [-0.2, 0) is 10.0 Å². The number of rotatable bonds is 4. The Morgan fingerprint density at radius 1 is 1.25 bits per heavy atom. The number of thiophene rings is 1. The van der Waals surface area contributed by atoms with Crippen LogP contribution in [0.15, 0.2) is 33.9 Å². The highest BCUT2D eigenvalue weighted by Gasteiger charge is 2.20. The van der Waals surface area contributed by atoms with E-state index >= 15 is 0 Å². The second kappa shape index (κ2) is 5.17. The summed E-state index contributed by atoms with van der Waals surface area (Å²) in [7, 11) is -4.00. The van der Waals surface area contributed by atoms with E-state index in [2.05, 4.69) is 0 Å². The molecule has 3 N–H and O–H groups in total. The molecule has 1 heterocycles. The predicted octanol–water partition coefficient (Wildman–Crippen LogP) is 1.93. The molecule has 0 saturated carbocycles. The molecule has 0 fully saturated rings. The number of nitrogens with two attached hydrogens (primary N) is 1. The van der Waals surface area contributed by atoms with Crippen LogP contribution < -0.4 is 10.5 Å². The molecule has 5 nitrogen and oxygen atoms in total. The number of carbonyl (C=O) groups excluding carboxylic acids is 1. The summed E-state index contributed by atoms with van der Waals surface area (Å²) in [5.41, 5.74) is 3.61. The van der Waals surface area contributed by atoms with E-state index in [1.165, 1.54) is 17.5 Å². The summed E-state index contributed by atoms with van der Waals surface area (Å²) in [6.45, 7) is 0. The Kier molecular flexibility index (Phi) is 3.73. The summed E-state index contributed by atoms with van der Waals surface area (Å²) in [5.74, 6) is -3.35. The topological polar surface area (TPSA) is 89.3 Å². The first-order valence-electron chi connectivity index (χ1n) is 5.16. The molecule has 106 valence electrons. The third-order valence-corrected chi connectivity index (χ3v) is 5.09. The van der Waals surface area contributed by atoms with Crippen molar-refractivity contribution in [1.29, 1.82) is 0 Å². The van der Waals surface area contributed by atoms with Gasteiger partial charge in [-0.2, -0.15) is 0 Å². The number of benzene rings is 1. The molecule has 0 atom stereocenters. The highest BCUT2D eigenvalue weighted by Crippen LogP contribution is 2.24. The first-order chi connectivity index (χ1) is 9.31. The maximum absolute atomic E-state index is 13.7. The van der Waals surface area contributed by atoms with Crippen LogP contribution in [0.3, 0.4) is 0 Å². The summed E-state index contributed by atoms with van der Waals surface area (Å²) in [4.78, 5) is 10.8. The average molecular weight is 318 g/mol. The van der Waals surface area contributed by atoms with Crippen LogP contribution in [0.1, 0.15) is 10.4 Å². The number of halogens is 2. The molecule has 9 heteroatoms. The van der Waals surface area contributed by atoms with Crippen LogP contribution in [0.5, 0.6) is 0 Å². The fraction of sp³-hybridized carbons (Fsp3) is 0. The lowest BCUT2D eigenvalue weighted by atomic mass is 10.2. The van der Waals surface area contributed by atoms with Crippen LogP contribution >= 0.6 is 11.3 Å². The lowest BCUT2D eigenvalue weighted by Crippen LogP contribution is -2.16. The molecule has 1 amide bonds. The molecule has 0 aliphatic carbocycles. The molecule has 1 aromatic heterocycles. The molecule has 20 heavy (non-hydrogen) atoms. The van der Waals surface area contributed by atoms with Crippen molar-refractivity contribution in [3.63, 3.8) is 0 Å². The number of carbonyl (C=O) groups is 1. The third kappa shape index (κ3) is 2.78. The van der Waals surface area contributed by atoms with Crippen molar-refractivity contribution in [3.8, 4) is 0 Å². The van der Waals surface area contributed by atoms with Gasteiger partial charge in [0.15, 0.2) is 0 Å². The van der Waals surface area contributed by atoms with Crippen LogP contribution in [0.2, 0.25) is 0 Å². The van der Waals surface area contributed by atoms with E-state index in [0.29, 0.717) is 12.1 Å². The number of amides is 1. The summed E-state index contributed by atoms with van der Waals surface area (Å²) < 4.78 is 52.8. The van der Waals surface area contributed by atoms with E-state index < -0.39 is 38.8 Å². The highest BCUT2D eigenvalue weighted by molar-refractivity contribution is 7.94. The van der Waals surface area contributed by atoms with E-state index in [4.69, 9.17) is 5.73 Å². The van der Waals surface area contributed by atoms with Crippen molar-refractivity contribution < 1.29 is 22.0 Å². The van der Waals surface area contributed by atoms with Gasteiger partial charge in [0.05, 0.1) is 11.3 Å². The quantitative estimate of drug-likeness (QED) is 0.902. The molecule has 0 bridgehead atoms. The van der Waals surface area contributed by atoms with Gasteiger partial charge in [-0.1, -0.05) is 6.07 Å². The molecule has 0 unspecified atom stereocenters. The first-order valence-corrected chi connectivity index (χ1v) is 7.53. The third-order valence-electron chi connectivity index (χ3n) is 2.33. The van der Waals surface area contributed by atoms with Gasteiger partial charge in [0.1, 0.15) is 15.8 Å². The number of anilines is 1. The second-order valence-electron chi connectivity index (χ2n) is 3.71. The highest BCUT2D eigenvalue weighted by atomic mass is 32.2. The van der Waals surface area contributed by atoms with Gasteiger partial charge in [-0.15, -0.1) is 11.3 Å². The van der Waals surface area contributed by atoms with E-state index in [9.17, 15) is 22.0 Å². The van der Waals surface area contributed by atoms with E-state index in [1.54, 1.807) is 0 Å². The van der Waals surface area contributed by atoms with Crippen LogP contribution in [0.25, 0.3) is 0 Å². The molecule has 2 aromatic rings. The molecule has 0 aliphatic rings. The maximum atomic E-state index is 13.7. The Bertz CT molecular complexity index is 758. The van der Waals surface area contributed by atoms with Gasteiger partial charge in [-0.3, -0.25) is 9.52 Å². The lowest BCUT2D eigenvalue weighted by molar-refractivity contribution is 0.0996. The minimum Gasteiger partial charge on any atom is -0.366 e. The molecule has 0 aliphatic heterocycles. The number of primary amides is 1. The molecule has 1 aromatic carbocycles. The monoisotopic (exact) mass is 318 g/mol. The van der Waals surface area contributed by atoms with E-state index in [0.717, 1.165) is 11.3 Å². The Morgan fingerprint density at radius 3 is 2.50 bits per heavy atom. The SMILES string of the molecule is NC(=O)c1cc(F)c(NS(=O)(=O)c2cccs2)cc1F. The van der Waals surface area contributed by atoms with Crippen molar-refractivity contribution >= 4 is 33.0 Å². The van der Waals surface area contributed by atoms with Gasteiger partial charge in [0.2, 0.25) is 0 Å². The molecule has 0 spiro atoms. The van der Waals surface area contributed by atoms with Crippen LogP contribution in [-0.4, -0.2) is 14.3 Å². The maximum Gasteiger partial charge on any atom is 0.271 e. The standard InChI is InChI=1S/C11H8F2N2O3S2/c12-7-5-9(8(13)4-6(7)11(14)16)15-20(17,18)10-2-1-3-19-10/h1-5,15H,(H2,14,16). The minimum absolute atomic E-state index is 0.0451. The smallest absolute Gasteiger partial charge is 0.271 e. The molecular formula is C11H8F2N2O3S2. The molecule has 2 rings (SSSR count). The normalized spacial score (nSPS) is 11.3. The fourth-order valence-electron chi connectivity index (χ4n) is 1.43. The Balaban J connectivity index is 2.41. The van der Waals surface area contributed by atoms with Gasteiger partial charge in [-0.25, -0.2) is 17.2 Å². The van der Waals surface area contributed by atoms with E-state index in [1.807, 2.05) is 4.72 Å². The second-order valence-corrected chi connectivity index (χ2v) is 6.57. The summed E-state index contributed by atoms with van der Waals surface area (Å²) in [6, 6.07) is 3.94. The Labute approximate surface area is 117 Å². The van der Waals surface area contributed by atoms with Crippen molar-refractivity contribution in [2.45, 2.75) is 4.21 Å². The number of nitrogens with one attached hydrogen (secondary N) is 1. The molecule has 0 saturated heterocycles. The number of hydrogen-bond donors (Lipinski definition) is 2. The first kappa shape index (κ1) is 14.4. The zero-order valence-electron chi connectivity index (χ0n) is 9.76. The van der Waals surface area contributed by atoms with Crippen molar-refractivity contribution in [1.82, 2.24) is 0 Å². The summed E-state index contributed by atoms with van der Waals surface area (Å²) >= 11 is 0.926. The lowest BCUT2D eigenvalue weighted by Gasteiger charge is -2.09. The number of sulfonamides is 1. The van der Waals surface area contributed by atoms with Gasteiger partial charge in [0, 0.05) is 6.07 Å². The largest absolute Gasteiger partial charge is 0.366 e. The Morgan fingerprint density at radius 2 is 1.95 bits per heavy atom. The van der Waals surface area contributed by atoms with Crippen molar-refractivity contribution in [3.05, 3.63) is 46.8 Å². The predicted molar refractivity (Wildman–Crippen MR) is 70.0 cm³/mol. The summed E-state index contributed by atoms with van der Waals surface area (Å²) in [6.07, 6.45) is 0. The van der Waals surface area contributed by atoms with Gasteiger partial charge < -0.3 is 5.73 Å². The van der Waals surface area contributed by atoms with Gasteiger partial charge >= 0.3 is 0 Å². The average Bonchev–Trinajstić information content (AvgIpc) is 2.87. The zero-order chi connectivity index (χ0) is 14.9. The van der Waals surface area contributed by atoms with Gasteiger partial charge in [0.25, 0.3) is 15.9 Å².